The van der Waals surface area contributed by atoms with Crippen LogP contribution >= 0.6 is 0 Å². The van der Waals surface area contributed by atoms with Gasteiger partial charge in [0.2, 0.25) is 0 Å². The molecule has 0 bridgehead atoms. The number of aryl methyl sites for hydroxylation is 1. The molecule has 1 heterocycles. The third-order valence-corrected chi connectivity index (χ3v) is 1.46. The summed E-state index contributed by atoms with van der Waals surface area (Å²) in [4.78, 5) is 8.81. The Labute approximate surface area is 72.1 Å². The molecule has 0 amide bonds. The largest absolute Gasteiger partial charge is 0.396 e. The van der Waals surface area contributed by atoms with Crippen LogP contribution in [0.15, 0.2) is 23.6 Å². The van der Waals surface area contributed by atoms with Gasteiger partial charge in [-0.05, 0) is 25.5 Å². The van der Waals surface area contributed by atoms with Crippen LogP contribution in [0.2, 0.25) is 0 Å². The van der Waals surface area contributed by atoms with E-state index in [4.69, 9.17) is 4.84 Å². The third kappa shape index (κ3) is 2.34. The highest BCUT2D eigenvalue weighted by molar-refractivity contribution is 5.80. The van der Waals surface area contributed by atoms with Gasteiger partial charge in [-0.3, -0.25) is 4.98 Å². The summed E-state index contributed by atoms with van der Waals surface area (Å²) < 4.78 is 0. The fourth-order valence-corrected chi connectivity index (χ4v) is 0.798. The van der Waals surface area contributed by atoms with E-state index in [1.165, 1.54) is 0 Å². The summed E-state index contributed by atoms with van der Waals surface area (Å²) >= 11 is 0. The van der Waals surface area contributed by atoms with E-state index in [1.807, 2.05) is 19.9 Å². The molecule has 3 heteroatoms. The van der Waals surface area contributed by atoms with Gasteiger partial charge in [0.15, 0.2) is 0 Å². The second-order valence-electron chi connectivity index (χ2n) is 2.38. The van der Waals surface area contributed by atoms with Crippen molar-refractivity contribution in [2.75, 3.05) is 6.61 Å². The van der Waals surface area contributed by atoms with Crippen LogP contribution in [0.4, 0.5) is 0 Å². The van der Waals surface area contributed by atoms with E-state index < -0.39 is 0 Å². The molecule has 12 heavy (non-hydrogen) atoms. The fourth-order valence-electron chi connectivity index (χ4n) is 0.798. The van der Waals surface area contributed by atoms with E-state index in [0.717, 1.165) is 11.1 Å². The van der Waals surface area contributed by atoms with Crippen LogP contribution in [0.3, 0.4) is 0 Å². The SMILES string of the molecule is CCO/N=C\c1ccncc1C. The quantitative estimate of drug-likeness (QED) is 0.504. The minimum absolute atomic E-state index is 0.598. The van der Waals surface area contributed by atoms with Crippen molar-refractivity contribution in [1.29, 1.82) is 0 Å². The van der Waals surface area contributed by atoms with Crippen LogP contribution in [0.5, 0.6) is 0 Å². The summed E-state index contributed by atoms with van der Waals surface area (Å²) in [6.45, 7) is 4.48. The van der Waals surface area contributed by atoms with Crippen molar-refractivity contribution >= 4 is 6.21 Å². The summed E-state index contributed by atoms with van der Waals surface area (Å²) in [5, 5.41) is 3.77. The number of hydrogen-bond acceptors (Lipinski definition) is 3. The molecule has 0 spiro atoms. The zero-order chi connectivity index (χ0) is 8.81. The standard InChI is InChI=1S/C9H12N2O/c1-3-12-11-7-9-4-5-10-6-8(9)2/h4-7H,3H2,1-2H3/b11-7-. The lowest BCUT2D eigenvalue weighted by Crippen LogP contribution is -1.89. The van der Waals surface area contributed by atoms with Crippen molar-refractivity contribution in [3.05, 3.63) is 29.6 Å². The zero-order valence-corrected chi connectivity index (χ0v) is 7.32. The average molecular weight is 164 g/mol. The monoisotopic (exact) mass is 164 g/mol. The van der Waals surface area contributed by atoms with Crippen LogP contribution < -0.4 is 0 Å². The number of rotatable bonds is 3. The lowest BCUT2D eigenvalue weighted by Gasteiger charge is -1.96. The average Bonchev–Trinajstić information content (AvgIpc) is 2.09. The zero-order valence-electron chi connectivity index (χ0n) is 7.32. The van der Waals surface area contributed by atoms with Crippen molar-refractivity contribution in [3.8, 4) is 0 Å². The second-order valence-corrected chi connectivity index (χ2v) is 2.38. The van der Waals surface area contributed by atoms with Gasteiger partial charge >= 0.3 is 0 Å². The highest BCUT2D eigenvalue weighted by atomic mass is 16.6. The van der Waals surface area contributed by atoms with Crippen molar-refractivity contribution in [2.24, 2.45) is 5.16 Å². The van der Waals surface area contributed by atoms with Crippen molar-refractivity contribution in [3.63, 3.8) is 0 Å². The lowest BCUT2D eigenvalue weighted by atomic mass is 10.2. The van der Waals surface area contributed by atoms with Crippen molar-refractivity contribution in [2.45, 2.75) is 13.8 Å². The molecule has 0 aromatic carbocycles. The molecule has 0 fully saturated rings. The van der Waals surface area contributed by atoms with E-state index in [9.17, 15) is 0 Å². The summed E-state index contributed by atoms with van der Waals surface area (Å²) in [5.74, 6) is 0. The van der Waals surface area contributed by atoms with Gasteiger partial charge in [-0.25, -0.2) is 0 Å². The van der Waals surface area contributed by atoms with E-state index in [2.05, 4.69) is 10.1 Å². The molecule has 3 nitrogen and oxygen atoms in total. The number of pyridine rings is 1. The van der Waals surface area contributed by atoms with E-state index in [-0.39, 0.29) is 0 Å². The van der Waals surface area contributed by atoms with Gasteiger partial charge in [0.05, 0.1) is 6.21 Å². The van der Waals surface area contributed by atoms with Crippen LogP contribution in [-0.2, 0) is 4.84 Å². The predicted molar refractivity (Wildman–Crippen MR) is 48.2 cm³/mol. The first-order chi connectivity index (χ1) is 5.84. The van der Waals surface area contributed by atoms with Gasteiger partial charge in [0.1, 0.15) is 6.61 Å². The summed E-state index contributed by atoms with van der Waals surface area (Å²) in [6.07, 6.45) is 5.23. The van der Waals surface area contributed by atoms with Gasteiger partial charge in [0, 0.05) is 18.0 Å². The Balaban J connectivity index is 2.68. The number of hydrogen-bond donors (Lipinski definition) is 0. The fraction of sp³-hybridized carbons (Fsp3) is 0.333. The first kappa shape index (κ1) is 8.71. The number of oxime groups is 1. The van der Waals surface area contributed by atoms with Crippen molar-refractivity contribution < 1.29 is 4.84 Å². The van der Waals surface area contributed by atoms with Crippen LogP contribution in [0.1, 0.15) is 18.1 Å². The van der Waals surface area contributed by atoms with Gasteiger partial charge < -0.3 is 4.84 Å². The van der Waals surface area contributed by atoms with Crippen LogP contribution in [0, 0.1) is 6.92 Å². The molecule has 1 aromatic rings. The summed E-state index contributed by atoms with van der Waals surface area (Å²) in [6, 6.07) is 1.90. The second kappa shape index (κ2) is 4.49. The first-order valence-electron chi connectivity index (χ1n) is 3.90. The first-order valence-corrected chi connectivity index (χ1v) is 3.90. The van der Waals surface area contributed by atoms with E-state index >= 15 is 0 Å². The molecule has 1 rings (SSSR count). The molecule has 64 valence electrons. The molecule has 0 radical (unpaired) electrons. The van der Waals surface area contributed by atoms with Gasteiger partial charge in [-0.1, -0.05) is 5.16 Å². The van der Waals surface area contributed by atoms with Gasteiger partial charge in [-0.2, -0.15) is 0 Å². The summed E-state index contributed by atoms with van der Waals surface area (Å²) in [5.41, 5.74) is 2.14. The number of aromatic nitrogens is 1. The highest BCUT2D eigenvalue weighted by Gasteiger charge is 1.91. The maximum absolute atomic E-state index is 4.84. The van der Waals surface area contributed by atoms with Gasteiger partial charge in [-0.15, -0.1) is 0 Å². The minimum atomic E-state index is 0.598. The minimum Gasteiger partial charge on any atom is -0.396 e. The normalized spacial score (nSPS) is 10.5. The Morgan fingerprint density at radius 1 is 1.67 bits per heavy atom. The molecular formula is C9H12N2O. The smallest absolute Gasteiger partial charge is 0.114 e. The maximum atomic E-state index is 4.84. The highest BCUT2D eigenvalue weighted by Crippen LogP contribution is 2.00. The molecule has 0 aliphatic rings. The molecule has 0 aliphatic heterocycles. The number of nitrogens with zero attached hydrogens (tertiary/aromatic N) is 2. The molecule has 0 N–H and O–H groups in total. The molecule has 1 aromatic heterocycles. The molecule has 0 saturated carbocycles. The Hall–Kier alpha value is -1.38. The third-order valence-electron chi connectivity index (χ3n) is 1.46. The molecule has 0 saturated heterocycles. The van der Waals surface area contributed by atoms with Crippen LogP contribution in [0.25, 0.3) is 0 Å². The molecular weight excluding hydrogens is 152 g/mol. The molecule has 0 atom stereocenters. The maximum Gasteiger partial charge on any atom is 0.114 e. The van der Waals surface area contributed by atoms with E-state index in [1.54, 1.807) is 18.6 Å². The topological polar surface area (TPSA) is 34.5 Å². The summed E-state index contributed by atoms with van der Waals surface area (Å²) in [7, 11) is 0. The molecule has 0 aliphatic carbocycles. The predicted octanol–water partition coefficient (Wildman–Crippen LogP) is 1.76. The van der Waals surface area contributed by atoms with E-state index in [0.29, 0.717) is 6.61 Å². The Morgan fingerprint density at radius 3 is 3.17 bits per heavy atom. The van der Waals surface area contributed by atoms with Gasteiger partial charge in [0.25, 0.3) is 0 Å². The molecule has 0 unspecified atom stereocenters. The Bertz CT molecular complexity index is 271. The lowest BCUT2D eigenvalue weighted by molar-refractivity contribution is 0.160. The Kier molecular flexibility index (Phi) is 3.26. The van der Waals surface area contributed by atoms with Crippen LogP contribution in [-0.4, -0.2) is 17.8 Å². The van der Waals surface area contributed by atoms with Crippen molar-refractivity contribution in [1.82, 2.24) is 4.98 Å². The Morgan fingerprint density at radius 2 is 2.50 bits per heavy atom.